The van der Waals surface area contributed by atoms with Gasteiger partial charge in [0.2, 0.25) is 0 Å². The maximum absolute atomic E-state index is 10.8. The summed E-state index contributed by atoms with van der Waals surface area (Å²) in [6.45, 7) is -0.841. The predicted octanol–water partition coefficient (Wildman–Crippen LogP) is -2.90. The fourth-order valence-electron chi connectivity index (χ4n) is 1.17. The first kappa shape index (κ1) is 13.5. The molecule has 1 unspecified atom stereocenters. The van der Waals surface area contributed by atoms with Crippen LogP contribution >= 0.6 is 7.82 Å². The monoisotopic (exact) mass is 258 g/mol. The molecule has 10 heteroatoms. The molecular formula is C6H11O9P. The fourth-order valence-corrected chi connectivity index (χ4v) is 1.51. The normalized spacial score (nSPS) is 32.6. The Morgan fingerprint density at radius 2 is 2.00 bits per heavy atom. The van der Waals surface area contributed by atoms with Gasteiger partial charge in [-0.1, -0.05) is 0 Å². The molecule has 0 aromatic carbocycles. The molecule has 0 amide bonds. The van der Waals surface area contributed by atoms with Crippen LogP contribution in [0.1, 0.15) is 0 Å². The zero-order valence-electron chi connectivity index (χ0n) is 7.83. The number of aliphatic hydroxyl groups is 3. The third-order valence-corrected chi connectivity index (χ3v) is 2.43. The molecule has 0 bridgehead atoms. The fraction of sp³-hybridized carbons (Fsp3) is 0.833. The average Bonchev–Trinajstić information content (AvgIpc) is 2.41. The summed E-state index contributed by atoms with van der Waals surface area (Å²) >= 11 is 0. The molecule has 0 aliphatic carbocycles. The van der Waals surface area contributed by atoms with Crippen molar-refractivity contribution in [2.45, 2.75) is 24.4 Å². The summed E-state index contributed by atoms with van der Waals surface area (Å²) in [7, 11) is -4.75. The first-order chi connectivity index (χ1) is 7.22. The number of hydrogen-bond donors (Lipinski definition) is 5. The van der Waals surface area contributed by atoms with Crippen LogP contribution in [0.5, 0.6) is 0 Å². The Kier molecular flexibility index (Phi) is 4.02. The molecule has 0 saturated carbocycles. The van der Waals surface area contributed by atoms with Crippen molar-refractivity contribution in [1.29, 1.82) is 0 Å². The van der Waals surface area contributed by atoms with Crippen molar-refractivity contribution in [3.05, 3.63) is 0 Å². The van der Waals surface area contributed by atoms with Gasteiger partial charge in [-0.3, -0.25) is 4.52 Å². The van der Waals surface area contributed by atoms with E-state index in [2.05, 4.69) is 9.26 Å². The lowest BCUT2D eigenvalue weighted by atomic mass is 10.1. The van der Waals surface area contributed by atoms with E-state index in [0.717, 1.165) is 0 Å². The van der Waals surface area contributed by atoms with Crippen molar-refractivity contribution in [1.82, 2.24) is 0 Å². The summed E-state index contributed by atoms with van der Waals surface area (Å²) in [5.41, 5.74) is 0. The molecule has 4 atom stereocenters. The SMILES string of the molecule is O=C1O[C@H]([C@H](O)COP(=O)(O)O)[C@H](O)C1O. The molecule has 1 aliphatic heterocycles. The third kappa shape index (κ3) is 3.22. The van der Waals surface area contributed by atoms with Crippen LogP contribution in [0.25, 0.3) is 0 Å². The second-order valence-corrected chi connectivity index (χ2v) is 4.43. The maximum atomic E-state index is 10.8. The van der Waals surface area contributed by atoms with Gasteiger partial charge in [0.25, 0.3) is 0 Å². The van der Waals surface area contributed by atoms with Crippen LogP contribution < -0.4 is 0 Å². The second-order valence-electron chi connectivity index (χ2n) is 3.19. The number of hydrogen-bond acceptors (Lipinski definition) is 7. The number of carbonyl (C=O) groups excluding carboxylic acids is 1. The molecule has 1 fully saturated rings. The smallest absolute Gasteiger partial charge is 0.455 e. The summed E-state index contributed by atoms with van der Waals surface area (Å²) in [6.07, 6.45) is -6.57. The molecule has 1 rings (SSSR count). The molecule has 0 aromatic rings. The number of phosphoric acid groups is 1. The van der Waals surface area contributed by atoms with E-state index in [1.165, 1.54) is 0 Å². The highest BCUT2D eigenvalue weighted by molar-refractivity contribution is 7.46. The van der Waals surface area contributed by atoms with Gasteiger partial charge in [0.05, 0.1) is 6.61 Å². The van der Waals surface area contributed by atoms with Crippen LogP contribution in [-0.2, 0) is 18.6 Å². The highest BCUT2D eigenvalue weighted by Crippen LogP contribution is 2.36. The minimum absolute atomic E-state index is 0.841. The van der Waals surface area contributed by atoms with Gasteiger partial charge in [-0.25, -0.2) is 9.36 Å². The molecule has 1 saturated heterocycles. The number of carbonyl (C=O) groups is 1. The first-order valence-corrected chi connectivity index (χ1v) is 5.70. The predicted molar refractivity (Wildman–Crippen MR) is 45.9 cm³/mol. The van der Waals surface area contributed by atoms with Crippen LogP contribution in [0, 0.1) is 0 Å². The van der Waals surface area contributed by atoms with E-state index in [0.29, 0.717) is 0 Å². The molecule has 5 N–H and O–H groups in total. The van der Waals surface area contributed by atoms with Gasteiger partial charge < -0.3 is 29.8 Å². The standard InChI is InChI=1S/C6H11O9P/c7-2(1-14-16(11,12)13)5-3(8)4(9)6(10)15-5/h2-5,7-9H,1H2,(H2,11,12,13)/t2-,3-,4?,5-/m1/s1. The minimum atomic E-state index is -4.75. The Labute approximate surface area is 89.5 Å². The van der Waals surface area contributed by atoms with E-state index < -0.39 is 44.8 Å². The molecule has 94 valence electrons. The Morgan fingerprint density at radius 1 is 1.44 bits per heavy atom. The molecular weight excluding hydrogens is 247 g/mol. The highest BCUT2D eigenvalue weighted by atomic mass is 31.2. The van der Waals surface area contributed by atoms with Gasteiger partial charge in [0.1, 0.15) is 12.2 Å². The van der Waals surface area contributed by atoms with Crippen LogP contribution in [0.15, 0.2) is 0 Å². The maximum Gasteiger partial charge on any atom is 0.469 e. The Bertz CT molecular complexity index is 311. The quantitative estimate of drug-likeness (QED) is 0.264. The van der Waals surface area contributed by atoms with Crippen LogP contribution in [0.3, 0.4) is 0 Å². The Balaban J connectivity index is 2.52. The van der Waals surface area contributed by atoms with E-state index in [1.54, 1.807) is 0 Å². The van der Waals surface area contributed by atoms with Gasteiger partial charge in [0.15, 0.2) is 12.2 Å². The number of phosphoric ester groups is 1. The number of esters is 1. The van der Waals surface area contributed by atoms with Crippen molar-refractivity contribution < 1.29 is 43.7 Å². The number of cyclic esters (lactones) is 1. The van der Waals surface area contributed by atoms with Crippen molar-refractivity contribution in [2.75, 3.05) is 6.61 Å². The minimum Gasteiger partial charge on any atom is -0.455 e. The van der Waals surface area contributed by atoms with Gasteiger partial charge in [-0.05, 0) is 0 Å². The average molecular weight is 258 g/mol. The zero-order valence-corrected chi connectivity index (χ0v) is 8.73. The summed E-state index contributed by atoms with van der Waals surface area (Å²) in [4.78, 5) is 27.4. The molecule has 0 aromatic heterocycles. The van der Waals surface area contributed by atoms with E-state index in [9.17, 15) is 19.6 Å². The number of ether oxygens (including phenoxy) is 1. The molecule has 1 aliphatic rings. The van der Waals surface area contributed by atoms with Crippen molar-refractivity contribution in [2.24, 2.45) is 0 Å². The van der Waals surface area contributed by atoms with E-state index in [1.807, 2.05) is 0 Å². The number of aliphatic hydroxyl groups excluding tert-OH is 3. The van der Waals surface area contributed by atoms with Crippen molar-refractivity contribution in [3.63, 3.8) is 0 Å². The van der Waals surface area contributed by atoms with Gasteiger partial charge in [0, 0.05) is 0 Å². The zero-order chi connectivity index (χ0) is 12.5. The second kappa shape index (κ2) is 4.76. The highest BCUT2D eigenvalue weighted by Gasteiger charge is 2.46. The summed E-state index contributed by atoms with van der Waals surface area (Å²) in [6, 6.07) is 0. The first-order valence-electron chi connectivity index (χ1n) is 4.17. The van der Waals surface area contributed by atoms with Gasteiger partial charge in [-0.15, -0.1) is 0 Å². The molecule has 0 radical (unpaired) electrons. The summed E-state index contributed by atoms with van der Waals surface area (Å²) in [5.74, 6) is -1.12. The lowest BCUT2D eigenvalue weighted by Crippen LogP contribution is -2.40. The van der Waals surface area contributed by atoms with E-state index in [4.69, 9.17) is 14.9 Å². The lowest BCUT2D eigenvalue weighted by molar-refractivity contribution is -0.151. The van der Waals surface area contributed by atoms with Crippen molar-refractivity contribution in [3.8, 4) is 0 Å². The van der Waals surface area contributed by atoms with Gasteiger partial charge >= 0.3 is 13.8 Å². The molecule has 1 heterocycles. The summed E-state index contributed by atoms with van der Waals surface area (Å²) in [5, 5.41) is 27.5. The van der Waals surface area contributed by atoms with E-state index in [-0.39, 0.29) is 0 Å². The van der Waals surface area contributed by atoms with Gasteiger partial charge in [-0.2, -0.15) is 0 Å². The van der Waals surface area contributed by atoms with Crippen LogP contribution in [0.2, 0.25) is 0 Å². The molecule has 16 heavy (non-hydrogen) atoms. The Hall–Kier alpha value is -0.540. The van der Waals surface area contributed by atoms with Crippen LogP contribution in [0.4, 0.5) is 0 Å². The third-order valence-electron chi connectivity index (χ3n) is 1.95. The Morgan fingerprint density at radius 3 is 2.38 bits per heavy atom. The lowest BCUT2D eigenvalue weighted by Gasteiger charge is -2.19. The summed E-state index contributed by atoms with van der Waals surface area (Å²) < 4.78 is 18.6. The molecule has 9 nitrogen and oxygen atoms in total. The molecule has 0 spiro atoms. The number of rotatable bonds is 4. The van der Waals surface area contributed by atoms with Crippen LogP contribution in [-0.4, -0.2) is 62.1 Å². The topological polar surface area (TPSA) is 154 Å². The largest absolute Gasteiger partial charge is 0.469 e. The van der Waals surface area contributed by atoms with Crippen molar-refractivity contribution >= 4 is 13.8 Å². The van der Waals surface area contributed by atoms with E-state index >= 15 is 0 Å².